The van der Waals surface area contributed by atoms with Crippen LogP contribution < -0.4 is 6.15 Å². The minimum absolute atomic E-state index is 0. The topological polar surface area (TPSA) is 207 Å². The number of hydrogen-bond donors (Lipinski definition) is 0. The lowest BCUT2D eigenvalue weighted by Gasteiger charge is -1.32. The van der Waals surface area contributed by atoms with Gasteiger partial charge in [-0.1, -0.05) is 0 Å². The molecule has 0 spiro atoms. The highest BCUT2D eigenvalue weighted by Gasteiger charge is 3.00. The molecule has 10 heteroatoms. The average Bonchev–Trinajstić information content (AvgIpc) is 1.70. The van der Waals surface area contributed by atoms with Crippen molar-refractivity contribution in [2.75, 3.05) is 0 Å². The number of nitrogens with zero attached hydrogens (tertiary/aromatic N) is 10. The number of rotatable bonds is 0. The van der Waals surface area contributed by atoms with Crippen LogP contribution in [0.3, 0.4) is 0 Å². The van der Waals surface area contributed by atoms with Gasteiger partial charge in [-0.25, -0.2) is 0 Å². The van der Waals surface area contributed by atoms with E-state index in [0.29, 0.717) is 0 Å². The van der Waals surface area contributed by atoms with Gasteiger partial charge in [-0.15, -0.1) is 0 Å². The van der Waals surface area contributed by atoms with Crippen molar-refractivity contribution in [3.05, 3.63) is 47.9 Å². The van der Waals surface area contributed by atoms with E-state index in [1.165, 1.54) is 14.7 Å². The Morgan fingerprint density at radius 1 is 0.500 bits per heavy atom. The third-order valence-electron chi connectivity index (χ3n) is 0. The van der Waals surface area contributed by atoms with Crippen LogP contribution >= 0.6 is 0 Å². The fraction of sp³-hybridized carbons (Fsp3) is 0. The summed E-state index contributed by atoms with van der Waals surface area (Å²) in [4.78, 5) is 4.50. The first kappa shape index (κ1) is 25.4. The molecule has 0 bridgehead atoms. The summed E-state index contributed by atoms with van der Waals surface area (Å²) in [5.41, 5.74) is 40.5. The van der Waals surface area contributed by atoms with Crippen molar-refractivity contribution in [3.63, 3.8) is 0 Å². The molecule has 0 aliphatic carbocycles. The van der Waals surface area contributed by atoms with E-state index in [1.807, 2.05) is 0 Å². The molecule has 0 aliphatic heterocycles. The Kier molecular flexibility index (Phi) is 1310. The van der Waals surface area contributed by atoms with Crippen LogP contribution in [0.2, 0.25) is 0 Å². The van der Waals surface area contributed by atoms with Gasteiger partial charge in [0.05, 0.1) is 0 Å². The first-order valence-corrected chi connectivity index (χ1v) is 1.20. The summed E-state index contributed by atoms with van der Waals surface area (Å²) in [6.07, 6.45) is 0. The summed E-state index contributed by atoms with van der Waals surface area (Å²) in [6, 6.07) is 0. The molecule has 0 aromatic rings. The molecular weight excluding hydrogens is 140 g/mol. The third-order valence-corrected chi connectivity index (χ3v) is 0. The van der Waals surface area contributed by atoms with E-state index in [1.54, 1.807) is 0 Å². The quantitative estimate of drug-likeness (QED) is 0.269. The number of hydrogen-bond acceptors (Lipinski definition) is 0. The maximum Gasteiger partial charge on any atom is 3.00 e. The van der Waals surface area contributed by atoms with Crippen LogP contribution in [0.5, 0.6) is 0 Å². The van der Waals surface area contributed by atoms with Crippen LogP contribution in [0.1, 0.15) is 0 Å². The molecule has 0 saturated heterocycles. The van der Waals surface area contributed by atoms with E-state index in [2.05, 4.69) is 0 Å². The Labute approximate surface area is 55.3 Å². The van der Waals surface area contributed by atoms with Crippen molar-refractivity contribution in [3.8, 4) is 0 Å². The summed E-state index contributed by atoms with van der Waals surface area (Å²) in [5, 5.41) is 0. The first-order chi connectivity index (χ1) is 4.24. The highest BCUT2D eigenvalue weighted by atomic mass is 15.0. The van der Waals surface area contributed by atoms with E-state index in [9.17, 15) is 0 Å². The van der Waals surface area contributed by atoms with Gasteiger partial charge in [0.1, 0.15) is 0 Å². The monoisotopic (exact) mass is 140 g/mol. The van der Waals surface area contributed by atoms with Crippen LogP contribution in [0.4, 0.5) is 0 Å². The Balaban J connectivity index is -0.0000000257. The molecule has 0 atom stereocenters. The van der Waals surface area contributed by atoms with E-state index in [4.69, 9.17) is 33.2 Å². The molecular formula is N10. The smallest absolute Gasteiger partial charge is 0.373 e. The Bertz CT molecular complexity index is 91.6. The predicted molar refractivity (Wildman–Crippen MR) is 32.4 cm³/mol. The van der Waals surface area contributed by atoms with Crippen molar-refractivity contribution < 1.29 is 0 Å². The average molecular weight is 140 g/mol. The lowest BCUT2D eigenvalue weighted by atomic mass is 13.0. The second-order valence-corrected chi connectivity index (χ2v) is 0.268. The van der Waals surface area contributed by atoms with Crippen molar-refractivity contribution >= 4 is 0 Å². The third kappa shape index (κ3) is 21.8. The van der Waals surface area contributed by atoms with Gasteiger partial charge in [0, 0.05) is 0 Å². The summed E-state index contributed by atoms with van der Waals surface area (Å²) in [6.45, 7) is 0. The Morgan fingerprint density at radius 2 is 0.500 bits per heavy atom. The molecule has 0 aromatic carbocycles. The molecule has 50 valence electrons. The van der Waals surface area contributed by atoms with Gasteiger partial charge in [0.2, 0.25) is 0 Å². The molecule has 0 N–H and O–H groups in total. The van der Waals surface area contributed by atoms with Crippen molar-refractivity contribution in [1.29, 1.82) is 0 Å². The van der Waals surface area contributed by atoms with Crippen LogP contribution in [-0.2, 0) is 0 Å². The molecule has 0 heterocycles. The molecule has 0 fully saturated rings. The molecule has 0 aromatic heterocycles. The molecule has 10 heavy (non-hydrogen) atoms. The molecule has 0 amide bonds. The van der Waals surface area contributed by atoms with Gasteiger partial charge >= 0.3 is 6.15 Å². The largest absolute Gasteiger partial charge is 3.00 e. The van der Waals surface area contributed by atoms with E-state index >= 15 is 0 Å². The minimum Gasteiger partial charge on any atom is -0.373 e. The summed E-state index contributed by atoms with van der Waals surface area (Å²) < 4.78 is 0. The van der Waals surface area contributed by atoms with Gasteiger partial charge in [-0.3, -0.25) is 14.7 Å². The highest BCUT2D eigenvalue weighted by molar-refractivity contribution is 4.37. The van der Waals surface area contributed by atoms with Gasteiger partial charge in [0.25, 0.3) is 0 Å². The van der Waals surface area contributed by atoms with Crippen LogP contribution in [0.15, 0.2) is 0 Å². The van der Waals surface area contributed by atoms with Crippen molar-refractivity contribution in [2.24, 2.45) is 0 Å². The Hall–Kier alpha value is -2.36. The minimum atomic E-state index is 0. The zero-order chi connectivity index (χ0) is 8.12. The SMILES string of the molecule is [N+3].[N-]=[N+]=[N-].[N-]=[N+]=[N-].[N-]=[N+]=[N-]. The fourth-order valence-electron chi connectivity index (χ4n) is 0. The molecule has 2 radical (unpaired) electrons. The van der Waals surface area contributed by atoms with Gasteiger partial charge in [-0.05, 0) is 0 Å². The fourth-order valence-corrected chi connectivity index (χ4v) is 0. The summed E-state index contributed by atoms with van der Waals surface area (Å²) in [5.74, 6) is 0. The standard InChI is InChI=1S/3N3.N/c3*1-3-2;/q3*-1;+3. The van der Waals surface area contributed by atoms with E-state index < -0.39 is 0 Å². The van der Waals surface area contributed by atoms with Crippen molar-refractivity contribution in [1.82, 2.24) is 6.15 Å². The molecule has 10 nitrogen and oxygen atoms in total. The summed E-state index contributed by atoms with van der Waals surface area (Å²) in [7, 11) is 0. The summed E-state index contributed by atoms with van der Waals surface area (Å²) >= 11 is 0. The van der Waals surface area contributed by atoms with Crippen LogP contribution in [0, 0.1) is 0 Å². The maximum absolute atomic E-state index is 6.75. The van der Waals surface area contributed by atoms with E-state index in [-0.39, 0.29) is 6.15 Å². The van der Waals surface area contributed by atoms with Gasteiger partial charge in [-0.2, -0.15) is 0 Å². The predicted octanol–water partition coefficient (Wildman–Crippen LogP) is 2.12. The lowest BCUT2D eigenvalue weighted by Crippen LogP contribution is -0.711. The molecule has 0 unspecified atom stereocenters. The second-order valence-electron chi connectivity index (χ2n) is 0.268. The molecule has 0 rings (SSSR count). The van der Waals surface area contributed by atoms with Gasteiger partial charge in [0.15, 0.2) is 0 Å². The zero-order valence-corrected chi connectivity index (χ0v) is 4.47. The zero-order valence-electron chi connectivity index (χ0n) is 4.47. The van der Waals surface area contributed by atoms with E-state index in [0.717, 1.165) is 0 Å². The van der Waals surface area contributed by atoms with Crippen molar-refractivity contribution in [2.45, 2.75) is 0 Å². The van der Waals surface area contributed by atoms with Crippen LogP contribution in [0.25, 0.3) is 47.9 Å². The lowest BCUT2D eigenvalue weighted by molar-refractivity contribution is 2.13. The highest BCUT2D eigenvalue weighted by Crippen LogP contribution is 1.30. The van der Waals surface area contributed by atoms with Crippen LogP contribution in [-0.4, -0.2) is 0 Å². The normalized spacial score (nSPS) is 2.40. The second kappa shape index (κ2) is 516. The Morgan fingerprint density at radius 3 is 0.500 bits per heavy atom. The maximum atomic E-state index is 6.75. The first-order valence-electron chi connectivity index (χ1n) is 1.20. The molecule has 0 saturated carbocycles. The van der Waals surface area contributed by atoms with Gasteiger partial charge < -0.3 is 33.2 Å². The molecule has 0 aliphatic rings.